The Labute approximate surface area is 191 Å². The van der Waals surface area contributed by atoms with Gasteiger partial charge in [0.1, 0.15) is 24.0 Å². The lowest BCUT2D eigenvalue weighted by molar-refractivity contribution is 0.0697. The molecule has 4 nitrogen and oxygen atoms in total. The minimum atomic E-state index is -0.996. The maximum atomic E-state index is 14.0. The number of carboxylic acids is 1. The van der Waals surface area contributed by atoms with Crippen LogP contribution in [-0.4, -0.2) is 15.6 Å². The first-order valence-electron chi connectivity index (χ1n) is 9.70. The minimum absolute atomic E-state index is 0.139. The number of halogens is 3. The van der Waals surface area contributed by atoms with Crippen molar-refractivity contribution in [2.45, 2.75) is 6.61 Å². The molecule has 162 valence electrons. The topological polar surface area (TPSA) is 51.5 Å². The Morgan fingerprint density at radius 2 is 1.66 bits per heavy atom. The molecule has 0 atom stereocenters. The molecule has 1 N–H and O–H groups in total. The van der Waals surface area contributed by atoms with Gasteiger partial charge in [0.25, 0.3) is 0 Å². The van der Waals surface area contributed by atoms with Crippen LogP contribution in [-0.2, 0) is 13.7 Å². The summed E-state index contributed by atoms with van der Waals surface area (Å²) in [5, 5.41) is 9.29. The fourth-order valence-corrected chi connectivity index (χ4v) is 3.89. The zero-order valence-electron chi connectivity index (χ0n) is 17.0. The lowest BCUT2D eigenvalue weighted by Crippen LogP contribution is -2.03. The summed E-state index contributed by atoms with van der Waals surface area (Å²) >= 11 is 3.46. The van der Waals surface area contributed by atoms with Gasteiger partial charge < -0.3 is 14.4 Å². The van der Waals surface area contributed by atoms with Gasteiger partial charge in [-0.05, 0) is 60.2 Å². The van der Waals surface area contributed by atoms with Crippen LogP contribution in [0.3, 0.4) is 0 Å². The summed E-state index contributed by atoms with van der Waals surface area (Å²) in [5.41, 5.74) is 3.15. The third kappa shape index (κ3) is 4.29. The number of nitrogens with zero attached hydrogens (tertiary/aromatic N) is 1. The number of aromatic nitrogens is 1. The number of hydrogen-bond acceptors (Lipinski definition) is 2. The highest BCUT2D eigenvalue weighted by Crippen LogP contribution is 2.36. The van der Waals surface area contributed by atoms with Gasteiger partial charge in [-0.1, -0.05) is 34.1 Å². The molecule has 0 radical (unpaired) electrons. The summed E-state index contributed by atoms with van der Waals surface area (Å²) in [6, 6.07) is 19.5. The van der Waals surface area contributed by atoms with E-state index >= 15 is 0 Å². The van der Waals surface area contributed by atoms with Gasteiger partial charge in [-0.2, -0.15) is 0 Å². The molecule has 0 aliphatic heterocycles. The maximum Gasteiger partial charge on any atom is 0.335 e. The summed E-state index contributed by atoms with van der Waals surface area (Å²) in [6.07, 6.45) is 0. The van der Waals surface area contributed by atoms with Crippen molar-refractivity contribution in [3.05, 3.63) is 100 Å². The van der Waals surface area contributed by atoms with Crippen LogP contribution in [0, 0.1) is 11.6 Å². The molecule has 0 saturated heterocycles. The number of carbonyl (C=O) groups is 1. The van der Waals surface area contributed by atoms with Gasteiger partial charge in [0.15, 0.2) is 0 Å². The molecule has 0 bridgehead atoms. The number of rotatable bonds is 6. The van der Waals surface area contributed by atoms with Crippen LogP contribution >= 0.6 is 15.9 Å². The van der Waals surface area contributed by atoms with E-state index in [1.54, 1.807) is 24.3 Å². The van der Waals surface area contributed by atoms with Crippen molar-refractivity contribution in [2.24, 2.45) is 7.05 Å². The number of benzene rings is 3. The number of carboxylic acid groups (broad SMARTS) is 1. The molecule has 0 fully saturated rings. The van der Waals surface area contributed by atoms with Gasteiger partial charge in [-0.3, -0.25) is 0 Å². The van der Waals surface area contributed by atoms with Gasteiger partial charge in [-0.25, -0.2) is 13.6 Å². The molecule has 4 aromatic rings. The third-order valence-corrected chi connectivity index (χ3v) is 5.67. The summed E-state index contributed by atoms with van der Waals surface area (Å²) < 4.78 is 36.6. The fourth-order valence-electron chi connectivity index (χ4n) is 3.53. The molecule has 0 aliphatic carbocycles. The van der Waals surface area contributed by atoms with Crippen molar-refractivity contribution in [3.63, 3.8) is 0 Å². The van der Waals surface area contributed by atoms with E-state index < -0.39 is 17.6 Å². The fraction of sp³-hybridized carbons (Fsp3) is 0.0800. The van der Waals surface area contributed by atoms with Crippen LogP contribution in [0.25, 0.3) is 22.5 Å². The highest BCUT2D eigenvalue weighted by molar-refractivity contribution is 9.10. The van der Waals surface area contributed by atoms with Crippen molar-refractivity contribution in [3.8, 4) is 28.3 Å². The van der Waals surface area contributed by atoms with E-state index in [0.29, 0.717) is 5.75 Å². The molecule has 7 heteroatoms. The van der Waals surface area contributed by atoms with Gasteiger partial charge in [0.05, 0.1) is 16.8 Å². The number of hydrogen-bond donors (Lipinski definition) is 1. The smallest absolute Gasteiger partial charge is 0.335 e. The van der Waals surface area contributed by atoms with Crippen LogP contribution in [0.2, 0.25) is 0 Å². The van der Waals surface area contributed by atoms with Crippen molar-refractivity contribution in [1.82, 2.24) is 4.57 Å². The average Bonchev–Trinajstić information content (AvgIpc) is 3.15. The largest absolute Gasteiger partial charge is 0.488 e. The lowest BCUT2D eigenvalue weighted by atomic mass is 10.1. The summed E-state index contributed by atoms with van der Waals surface area (Å²) in [4.78, 5) is 11.3. The van der Waals surface area contributed by atoms with Crippen LogP contribution in [0.15, 0.2) is 77.3 Å². The molecule has 1 aromatic heterocycles. The molecule has 4 rings (SSSR count). The molecule has 0 unspecified atom stereocenters. The number of ether oxygens (including phenoxy) is 1. The van der Waals surface area contributed by atoms with Gasteiger partial charge in [-0.15, -0.1) is 0 Å². The minimum Gasteiger partial charge on any atom is -0.488 e. The van der Waals surface area contributed by atoms with Gasteiger partial charge >= 0.3 is 5.97 Å². The molecule has 0 aliphatic rings. The molecule has 3 aromatic carbocycles. The highest BCUT2D eigenvalue weighted by atomic mass is 79.9. The SMILES string of the molecule is Cn1c(-c2cccc(C(=O)O)c2)ccc1-c1cc(Br)ccc1OCc1c(F)cccc1F. The lowest BCUT2D eigenvalue weighted by Gasteiger charge is -2.15. The Balaban J connectivity index is 1.71. The molecule has 0 amide bonds. The number of aromatic carboxylic acids is 1. The first-order valence-corrected chi connectivity index (χ1v) is 10.5. The highest BCUT2D eigenvalue weighted by Gasteiger charge is 2.16. The molecular formula is C25H18BrF2NO3. The van der Waals surface area contributed by atoms with Crippen LogP contribution in [0.5, 0.6) is 5.75 Å². The van der Waals surface area contributed by atoms with E-state index in [4.69, 9.17) is 4.74 Å². The predicted molar refractivity (Wildman–Crippen MR) is 122 cm³/mol. The molecule has 0 saturated carbocycles. The van der Waals surface area contributed by atoms with E-state index in [2.05, 4.69) is 15.9 Å². The third-order valence-electron chi connectivity index (χ3n) is 5.18. The zero-order valence-corrected chi connectivity index (χ0v) is 18.6. The Hall–Kier alpha value is -3.45. The van der Waals surface area contributed by atoms with Gasteiger partial charge in [0.2, 0.25) is 0 Å². The Morgan fingerprint density at radius 1 is 0.969 bits per heavy atom. The van der Waals surface area contributed by atoms with Crippen molar-refractivity contribution < 1.29 is 23.4 Å². The monoisotopic (exact) mass is 497 g/mol. The van der Waals surface area contributed by atoms with Crippen molar-refractivity contribution in [1.29, 1.82) is 0 Å². The second-order valence-electron chi connectivity index (χ2n) is 7.18. The standard InChI is InChI=1S/C25H18BrF2NO3/c1-29-22(15-4-2-5-16(12-15)25(30)31)9-10-23(29)18-13-17(26)8-11-24(18)32-14-19-20(27)6-3-7-21(19)28/h2-13H,14H2,1H3,(H,30,31). The normalized spacial score (nSPS) is 10.9. The zero-order chi connectivity index (χ0) is 22.8. The van der Waals surface area contributed by atoms with E-state index in [1.165, 1.54) is 24.3 Å². The van der Waals surface area contributed by atoms with Crippen LogP contribution < -0.4 is 4.74 Å². The Bertz CT molecular complexity index is 1300. The van der Waals surface area contributed by atoms with Crippen molar-refractivity contribution >= 4 is 21.9 Å². The first kappa shape index (κ1) is 21.8. The van der Waals surface area contributed by atoms with Gasteiger partial charge in [0, 0.05) is 22.8 Å². The van der Waals surface area contributed by atoms with E-state index in [9.17, 15) is 18.7 Å². The second-order valence-corrected chi connectivity index (χ2v) is 8.09. The van der Waals surface area contributed by atoms with Crippen molar-refractivity contribution in [2.75, 3.05) is 0 Å². The molecule has 0 spiro atoms. The summed E-state index contributed by atoms with van der Waals surface area (Å²) in [7, 11) is 1.86. The average molecular weight is 498 g/mol. The van der Waals surface area contributed by atoms with E-state index in [0.717, 1.165) is 27.0 Å². The van der Waals surface area contributed by atoms with E-state index in [1.807, 2.05) is 35.9 Å². The van der Waals surface area contributed by atoms with Crippen LogP contribution in [0.4, 0.5) is 8.78 Å². The quantitative estimate of drug-likeness (QED) is 0.323. The van der Waals surface area contributed by atoms with E-state index in [-0.39, 0.29) is 17.7 Å². The Kier molecular flexibility index (Phi) is 6.10. The first-order chi connectivity index (χ1) is 15.3. The summed E-state index contributed by atoms with van der Waals surface area (Å²) in [6.45, 7) is -0.259. The maximum absolute atomic E-state index is 14.0. The molecule has 1 heterocycles. The molecular weight excluding hydrogens is 480 g/mol. The van der Waals surface area contributed by atoms with Crippen LogP contribution in [0.1, 0.15) is 15.9 Å². The molecule has 32 heavy (non-hydrogen) atoms. The second kappa shape index (κ2) is 8.96. The predicted octanol–water partition coefficient (Wildman–Crippen LogP) is 6.68. The Morgan fingerprint density at radius 3 is 2.38 bits per heavy atom. The summed E-state index contributed by atoms with van der Waals surface area (Å²) in [5.74, 6) is -1.86.